The molecular formula is C31H23N5OPt. The molecule has 0 unspecified atom stereocenters. The van der Waals surface area contributed by atoms with Crippen LogP contribution in [0, 0.1) is 18.7 Å². The van der Waals surface area contributed by atoms with Gasteiger partial charge >= 0.3 is 21.1 Å². The van der Waals surface area contributed by atoms with Crippen LogP contribution in [0.4, 0.5) is 5.69 Å². The zero-order chi connectivity index (χ0) is 25.6. The largest absolute Gasteiger partial charge is 2.00 e. The normalized spacial score (nSPS) is 11.3. The van der Waals surface area contributed by atoms with Crippen molar-refractivity contribution in [2.75, 3.05) is 0 Å². The van der Waals surface area contributed by atoms with E-state index < -0.39 is 0 Å². The van der Waals surface area contributed by atoms with E-state index in [-0.39, 0.29) is 26.5 Å². The van der Waals surface area contributed by atoms with Gasteiger partial charge in [-0.2, -0.15) is 11.2 Å². The van der Waals surface area contributed by atoms with Crippen LogP contribution in [0.3, 0.4) is 0 Å². The molecule has 188 valence electrons. The summed E-state index contributed by atoms with van der Waals surface area (Å²) in [5, 5.41) is 6.43. The van der Waals surface area contributed by atoms with Gasteiger partial charge < -0.3 is 9.30 Å². The molecule has 0 saturated heterocycles. The molecule has 0 bridgehead atoms. The van der Waals surface area contributed by atoms with E-state index in [0.717, 1.165) is 27.6 Å². The Morgan fingerprint density at radius 1 is 0.895 bits per heavy atom. The smallest absolute Gasteiger partial charge is 0.510 e. The fourth-order valence-electron chi connectivity index (χ4n) is 4.47. The van der Waals surface area contributed by atoms with E-state index >= 15 is 0 Å². The summed E-state index contributed by atoms with van der Waals surface area (Å²) in [6.07, 6.45) is 5.35. The summed E-state index contributed by atoms with van der Waals surface area (Å²) in [5.74, 6) is 1.77. The Balaban J connectivity index is 0.00000294. The third-order valence-corrected chi connectivity index (χ3v) is 6.31. The van der Waals surface area contributed by atoms with Crippen LogP contribution in [0.1, 0.15) is 26.3 Å². The summed E-state index contributed by atoms with van der Waals surface area (Å²) in [7, 11) is 0. The van der Waals surface area contributed by atoms with Crippen molar-refractivity contribution in [3.8, 4) is 23.0 Å². The van der Waals surface area contributed by atoms with Crippen molar-refractivity contribution in [3.63, 3.8) is 0 Å². The molecule has 7 heteroatoms. The number of pyridine rings is 1. The summed E-state index contributed by atoms with van der Waals surface area (Å²) >= 11 is 0. The molecule has 0 spiro atoms. The molecule has 0 aliphatic rings. The Labute approximate surface area is 235 Å². The molecule has 6 aromatic rings. The third-order valence-electron chi connectivity index (χ3n) is 6.31. The van der Waals surface area contributed by atoms with Gasteiger partial charge in [-0.15, -0.1) is 35.7 Å². The Kier molecular flexibility index (Phi) is 6.65. The van der Waals surface area contributed by atoms with Gasteiger partial charge in [0.15, 0.2) is 0 Å². The second kappa shape index (κ2) is 9.93. The maximum absolute atomic E-state index is 7.50. The molecule has 0 atom stereocenters. The third kappa shape index (κ3) is 4.62. The van der Waals surface area contributed by atoms with Crippen molar-refractivity contribution in [1.29, 1.82) is 0 Å². The molecule has 38 heavy (non-hydrogen) atoms. The maximum Gasteiger partial charge on any atom is 2.00 e. The van der Waals surface area contributed by atoms with Gasteiger partial charge in [-0.05, 0) is 40.6 Å². The van der Waals surface area contributed by atoms with Gasteiger partial charge in [-0.1, -0.05) is 50.2 Å². The Hall–Kier alpha value is -4.20. The number of nitrogens with zero attached hydrogens (tertiary/aromatic N) is 5. The average Bonchev–Trinajstić information content (AvgIpc) is 3.55. The van der Waals surface area contributed by atoms with Crippen molar-refractivity contribution in [3.05, 3.63) is 114 Å². The van der Waals surface area contributed by atoms with E-state index in [1.54, 1.807) is 29.2 Å². The number of benzene rings is 3. The molecular weight excluding hydrogens is 653 g/mol. The van der Waals surface area contributed by atoms with E-state index in [0.29, 0.717) is 22.9 Å². The fourth-order valence-corrected chi connectivity index (χ4v) is 4.47. The minimum atomic E-state index is -0.00945. The predicted molar refractivity (Wildman–Crippen MR) is 145 cm³/mol. The van der Waals surface area contributed by atoms with E-state index in [2.05, 4.69) is 71.7 Å². The molecule has 3 aromatic heterocycles. The topological polar surface area (TPSA) is 49.2 Å². The molecule has 3 aromatic carbocycles. The summed E-state index contributed by atoms with van der Waals surface area (Å²) in [4.78, 5) is 8.32. The molecule has 0 aliphatic heterocycles. The first-order chi connectivity index (χ1) is 17.9. The van der Waals surface area contributed by atoms with Gasteiger partial charge in [0, 0.05) is 35.6 Å². The van der Waals surface area contributed by atoms with Gasteiger partial charge in [0.25, 0.3) is 0 Å². The Bertz CT molecular complexity index is 1810. The number of aromatic nitrogens is 4. The van der Waals surface area contributed by atoms with Crippen LogP contribution in [0.15, 0.2) is 85.3 Å². The second-order valence-corrected chi connectivity index (χ2v) is 9.84. The number of rotatable bonds is 4. The van der Waals surface area contributed by atoms with Crippen molar-refractivity contribution < 1.29 is 25.8 Å². The van der Waals surface area contributed by atoms with Crippen LogP contribution in [0.25, 0.3) is 38.2 Å². The van der Waals surface area contributed by atoms with Crippen molar-refractivity contribution >= 4 is 27.5 Å². The van der Waals surface area contributed by atoms with Gasteiger partial charge in [0.2, 0.25) is 0 Å². The van der Waals surface area contributed by atoms with Crippen LogP contribution in [-0.4, -0.2) is 19.3 Å². The fraction of sp³-hybridized carbons (Fsp3) is 0.129. The maximum atomic E-state index is 7.50. The van der Waals surface area contributed by atoms with E-state index in [9.17, 15) is 0 Å². The first kappa shape index (κ1) is 25.4. The summed E-state index contributed by atoms with van der Waals surface area (Å²) in [6.45, 7) is 14.1. The number of hydrogen-bond acceptors (Lipinski definition) is 3. The number of hydrogen-bond donors (Lipinski definition) is 0. The first-order valence-corrected chi connectivity index (χ1v) is 12.0. The van der Waals surface area contributed by atoms with Gasteiger partial charge in [0.1, 0.15) is 5.82 Å². The van der Waals surface area contributed by atoms with Crippen LogP contribution >= 0.6 is 0 Å². The second-order valence-electron chi connectivity index (χ2n) is 9.84. The molecule has 0 saturated carbocycles. The number of ether oxygens (including phenoxy) is 1. The zero-order valence-corrected chi connectivity index (χ0v) is 23.3. The van der Waals surface area contributed by atoms with Gasteiger partial charge in [0.05, 0.1) is 12.3 Å². The molecule has 3 heterocycles. The standard InChI is InChI=1S/C31H23N5O.Pt/c1-31(2,3)21-12-14-33-30(16-21)36-28-9-6-5-8-26(28)27-11-10-24(20-29(27)36)37-25-18-22(32-4)17-23(19-25)35-15-7-13-34-35;/h5-18H,1-3H3;/q-2;+2. The first-order valence-electron chi connectivity index (χ1n) is 12.0. The monoisotopic (exact) mass is 676 g/mol. The van der Waals surface area contributed by atoms with Crippen LogP contribution in [0.5, 0.6) is 11.5 Å². The summed E-state index contributed by atoms with van der Waals surface area (Å²) < 4.78 is 9.98. The van der Waals surface area contributed by atoms with Gasteiger partial charge in [-0.3, -0.25) is 9.53 Å². The molecule has 0 radical (unpaired) electrons. The average molecular weight is 677 g/mol. The minimum Gasteiger partial charge on any atom is -0.510 e. The van der Waals surface area contributed by atoms with Crippen molar-refractivity contribution in [1.82, 2.24) is 19.3 Å². The predicted octanol–water partition coefficient (Wildman–Crippen LogP) is 7.60. The Morgan fingerprint density at radius 2 is 1.74 bits per heavy atom. The zero-order valence-electron chi connectivity index (χ0n) is 21.0. The van der Waals surface area contributed by atoms with Crippen LogP contribution in [-0.2, 0) is 26.5 Å². The van der Waals surface area contributed by atoms with Gasteiger partial charge in [-0.25, -0.2) is 4.98 Å². The SMILES string of the molecule is [C-]#[N+]c1cc(Oc2[c-]c3c(cc2)c2ccccc2n3-c2cc(C(C)(C)C)ccn2)[c-]c(-n2cccn2)c1.[Pt+2]. The van der Waals surface area contributed by atoms with E-state index in [1.165, 1.54) is 5.56 Å². The molecule has 0 amide bonds. The minimum absolute atomic E-state index is 0. The van der Waals surface area contributed by atoms with Crippen LogP contribution in [0.2, 0.25) is 0 Å². The van der Waals surface area contributed by atoms with E-state index in [1.807, 2.05) is 36.5 Å². The van der Waals surface area contributed by atoms with Crippen molar-refractivity contribution in [2.45, 2.75) is 26.2 Å². The number of fused-ring (bicyclic) bond motifs is 3. The quantitative estimate of drug-likeness (QED) is 0.181. The summed E-state index contributed by atoms with van der Waals surface area (Å²) in [6, 6.07) is 28.3. The molecule has 0 fully saturated rings. The molecule has 6 nitrogen and oxygen atoms in total. The molecule has 6 rings (SSSR count). The molecule has 0 aliphatic carbocycles. The number of para-hydroxylation sites is 1. The summed E-state index contributed by atoms with van der Waals surface area (Å²) in [5.41, 5.74) is 4.18. The Morgan fingerprint density at radius 3 is 2.50 bits per heavy atom. The molecule has 0 N–H and O–H groups in total. The van der Waals surface area contributed by atoms with E-state index in [4.69, 9.17) is 16.3 Å². The van der Waals surface area contributed by atoms with Crippen LogP contribution < -0.4 is 4.74 Å². The van der Waals surface area contributed by atoms with Crippen molar-refractivity contribution in [2.24, 2.45) is 0 Å².